The summed E-state index contributed by atoms with van der Waals surface area (Å²) in [6, 6.07) is 10.7. The molecule has 124 valence electrons. The number of ketones is 1. The first-order valence-electron chi connectivity index (χ1n) is 7.43. The van der Waals surface area contributed by atoms with Crippen molar-refractivity contribution >= 4 is 23.2 Å². The SMILES string of the molecule is N#CCN(CC#N)Cc1c(O)ccc2c1O/C(=C/c1cccs1)C2=O. The van der Waals surface area contributed by atoms with Gasteiger partial charge in [0, 0.05) is 17.5 Å². The summed E-state index contributed by atoms with van der Waals surface area (Å²) in [7, 11) is 0. The van der Waals surface area contributed by atoms with Crippen molar-refractivity contribution in [1.29, 1.82) is 10.5 Å². The maximum atomic E-state index is 12.5. The highest BCUT2D eigenvalue weighted by Crippen LogP contribution is 2.40. The fraction of sp³-hybridized carbons (Fsp3) is 0.167. The number of ether oxygens (including phenoxy) is 1. The molecule has 1 aromatic carbocycles. The van der Waals surface area contributed by atoms with Crippen LogP contribution in [0.4, 0.5) is 0 Å². The second-order valence-electron chi connectivity index (χ2n) is 5.36. The van der Waals surface area contributed by atoms with Crippen LogP contribution in [0.25, 0.3) is 6.08 Å². The molecule has 0 saturated carbocycles. The number of nitrogens with zero attached hydrogens (tertiary/aromatic N) is 3. The van der Waals surface area contributed by atoms with E-state index in [0.29, 0.717) is 11.1 Å². The minimum atomic E-state index is -0.253. The zero-order valence-electron chi connectivity index (χ0n) is 13.1. The number of phenols is 1. The van der Waals surface area contributed by atoms with Crippen LogP contribution in [0.1, 0.15) is 20.8 Å². The average molecular weight is 351 g/mol. The van der Waals surface area contributed by atoms with E-state index >= 15 is 0 Å². The van der Waals surface area contributed by atoms with Gasteiger partial charge >= 0.3 is 0 Å². The zero-order valence-corrected chi connectivity index (χ0v) is 13.9. The van der Waals surface area contributed by atoms with E-state index in [-0.39, 0.29) is 42.7 Å². The van der Waals surface area contributed by atoms with Crippen LogP contribution in [0.5, 0.6) is 11.5 Å². The number of fused-ring (bicyclic) bond motifs is 1. The van der Waals surface area contributed by atoms with E-state index in [0.717, 1.165) is 4.88 Å². The summed E-state index contributed by atoms with van der Waals surface area (Å²) < 4.78 is 5.73. The van der Waals surface area contributed by atoms with Crippen molar-refractivity contribution in [3.05, 3.63) is 51.4 Å². The first kappa shape index (κ1) is 16.7. The van der Waals surface area contributed by atoms with Gasteiger partial charge in [0.05, 0.1) is 36.4 Å². The second-order valence-corrected chi connectivity index (χ2v) is 6.34. The lowest BCUT2D eigenvalue weighted by atomic mass is 10.0. The Kier molecular flexibility index (Phi) is 4.80. The third-order valence-corrected chi connectivity index (χ3v) is 4.52. The number of Topliss-reactive ketones (excluding diaryl/α,β-unsaturated/α-hetero) is 1. The topological polar surface area (TPSA) is 97.3 Å². The van der Waals surface area contributed by atoms with E-state index in [9.17, 15) is 9.90 Å². The molecule has 2 heterocycles. The number of phenolic OH excluding ortho intramolecular Hbond substituents is 1. The largest absolute Gasteiger partial charge is 0.507 e. The Morgan fingerprint density at radius 3 is 2.64 bits per heavy atom. The number of benzene rings is 1. The molecule has 0 radical (unpaired) electrons. The van der Waals surface area contributed by atoms with Crippen molar-refractivity contribution in [2.24, 2.45) is 0 Å². The molecule has 0 fully saturated rings. The third kappa shape index (κ3) is 3.38. The minimum Gasteiger partial charge on any atom is -0.507 e. The predicted octanol–water partition coefficient (Wildman–Crippen LogP) is 2.92. The summed E-state index contributed by atoms with van der Waals surface area (Å²) in [5.74, 6) is 0.187. The molecule has 0 bridgehead atoms. The Hall–Kier alpha value is -3.13. The number of hydrogen-bond acceptors (Lipinski definition) is 7. The molecule has 0 atom stereocenters. The molecular formula is C18H13N3O3S. The monoisotopic (exact) mass is 351 g/mol. The van der Waals surface area contributed by atoms with Gasteiger partial charge in [0.1, 0.15) is 11.5 Å². The summed E-state index contributed by atoms with van der Waals surface area (Å²) in [5.41, 5.74) is 0.760. The van der Waals surface area contributed by atoms with Gasteiger partial charge in [-0.3, -0.25) is 9.69 Å². The average Bonchev–Trinajstić information content (AvgIpc) is 3.20. The smallest absolute Gasteiger partial charge is 0.232 e. The number of hydrogen-bond donors (Lipinski definition) is 1. The lowest BCUT2D eigenvalue weighted by Crippen LogP contribution is -2.24. The van der Waals surface area contributed by atoms with Crippen LogP contribution in [-0.2, 0) is 6.54 Å². The second kappa shape index (κ2) is 7.18. The summed E-state index contributed by atoms with van der Waals surface area (Å²) in [6.45, 7) is 0.195. The number of carbonyl (C=O) groups is 1. The lowest BCUT2D eigenvalue weighted by molar-refractivity contribution is 0.101. The fourth-order valence-corrected chi connectivity index (χ4v) is 3.19. The number of nitriles is 2. The van der Waals surface area contributed by atoms with Gasteiger partial charge in [-0.1, -0.05) is 6.07 Å². The molecule has 1 aliphatic rings. The molecule has 1 aliphatic heterocycles. The highest BCUT2D eigenvalue weighted by atomic mass is 32.1. The summed E-state index contributed by atoms with van der Waals surface area (Å²) >= 11 is 1.48. The molecule has 1 aromatic heterocycles. The first-order valence-corrected chi connectivity index (χ1v) is 8.31. The van der Waals surface area contributed by atoms with Crippen LogP contribution in [0, 0.1) is 22.7 Å². The van der Waals surface area contributed by atoms with Crippen LogP contribution in [0.2, 0.25) is 0 Å². The van der Waals surface area contributed by atoms with Gasteiger partial charge in [0.25, 0.3) is 0 Å². The highest BCUT2D eigenvalue weighted by Gasteiger charge is 2.31. The molecule has 7 heteroatoms. The fourth-order valence-electron chi connectivity index (χ4n) is 2.54. The summed E-state index contributed by atoms with van der Waals surface area (Å²) in [4.78, 5) is 15.0. The molecule has 0 spiro atoms. The lowest BCUT2D eigenvalue weighted by Gasteiger charge is -2.17. The van der Waals surface area contributed by atoms with E-state index in [4.69, 9.17) is 15.3 Å². The Balaban J connectivity index is 1.96. The Morgan fingerprint density at radius 2 is 2.00 bits per heavy atom. The zero-order chi connectivity index (χ0) is 17.8. The van der Waals surface area contributed by atoms with Crippen LogP contribution in [0.15, 0.2) is 35.4 Å². The number of carbonyl (C=O) groups excluding carboxylic acids is 1. The normalized spacial score (nSPS) is 14.2. The van der Waals surface area contributed by atoms with E-state index in [1.165, 1.54) is 23.5 Å². The summed E-state index contributed by atoms with van der Waals surface area (Å²) in [6.07, 6.45) is 1.66. The highest BCUT2D eigenvalue weighted by molar-refractivity contribution is 7.10. The molecule has 6 nitrogen and oxygen atoms in total. The number of aromatic hydroxyl groups is 1. The molecular weight excluding hydrogens is 338 g/mol. The number of thiophene rings is 1. The Labute approximate surface area is 148 Å². The quantitative estimate of drug-likeness (QED) is 0.657. The summed E-state index contributed by atoms with van der Waals surface area (Å²) in [5, 5.41) is 29.8. The van der Waals surface area contributed by atoms with Gasteiger partial charge in [0.15, 0.2) is 5.76 Å². The number of allylic oxidation sites excluding steroid dienone is 1. The molecule has 3 rings (SSSR count). The van der Waals surface area contributed by atoms with Crippen molar-refractivity contribution in [2.75, 3.05) is 13.1 Å². The van der Waals surface area contributed by atoms with Crippen LogP contribution in [0.3, 0.4) is 0 Å². The van der Waals surface area contributed by atoms with Gasteiger partial charge in [-0.25, -0.2) is 0 Å². The molecule has 0 aliphatic carbocycles. The molecule has 25 heavy (non-hydrogen) atoms. The van der Waals surface area contributed by atoms with Gasteiger partial charge < -0.3 is 9.84 Å². The molecule has 0 unspecified atom stereocenters. The molecule has 0 amide bonds. The third-order valence-electron chi connectivity index (χ3n) is 3.70. The Morgan fingerprint density at radius 1 is 1.24 bits per heavy atom. The van der Waals surface area contributed by atoms with E-state index in [1.807, 2.05) is 29.7 Å². The molecule has 1 N–H and O–H groups in total. The minimum absolute atomic E-state index is 0.0303. The van der Waals surface area contributed by atoms with Gasteiger partial charge in [-0.05, 0) is 23.6 Å². The maximum absolute atomic E-state index is 12.5. The molecule has 2 aromatic rings. The van der Waals surface area contributed by atoms with E-state index in [2.05, 4.69) is 0 Å². The standard InChI is InChI=1S/C18H13N3O3S/c19-5-7-21(8-6-20)11-14-15(22)4-3-13-17(23)16(24-18(13)14)10-12-2-1-9-25-12/h1-4,9-10,22H,7-8,11H2/b16-10+. The number of rotatable bonds is 5. The van der Waals surface area contributed by atoms with Crippen LogP contribution < -0.4 is 4.74 Å². The van der Waals surface area contributed by atoms with Crippen LogP contribution >= 0.6 is 11.3 Å². The van der Waals surface area contributed by atoms with Crippen molar-refractivity contribution in [1.82, 2.24) is 4.90 Å². The van der Waals surface area contributed by atoms with Crippen LogP contribution in [-0.4, -0.2) is 28.9 Å². The van der Waals surface area contributed by atoms with Crippen molar-refractivity contribution in [3.63, 3.8) is 0 Å². The first-order chi connectivity index (χ1) is 12.1. The Bertz CT molecular complexity index is 904. The van der Waals surface area contributed by atoms with Crippen molar-refractivity contribution < 1.29 is 14.6 Å². The van der Waals surface area contributed by atoms with Gasteiger partial charge in [-0.15, -0.1) is 11.3 Å². The maximum Gasteiger partial charge on any atom is 0.232 e. The van der Waals surface area contributed by atoms with Gasteiger partial charge in [-0.2, -0.15) is 10.5 Å². The molecule has 0 saturated heterocycles. The predicted molar refractivity (Wildman–Crippen MR) is 91.9 cm³/mol. The van der Waals surface area contributed by atoms with Crippen molar-refractivity contribution in [2.45, 2.75) is 6.54 Å². The van der Waals surface area contributed by atoms with Crippen molar-refractivity contribution in [3.8, 4) is 23.6 Å². The van der Waals surface area contributed by atoms with Gasteiger partial charge in [0.2, 0.25) is 5.78 Å². The van der Waals surface area contributed by atoms with E-state index < -0.39 is 0 Å². The van der Waals surface area contributed by atoms with E-state index in [1.54, 1.807) is 11.0 Å².